The molecule has 2 fully saturated rings. The standard InChI is InChI=1S/C23H32N4O/c1-23-17-19(16-18-10-6-4-7-11-18)27(22(28)20-13-15-26(3)24-20)21(23)12-8-5-9-14-25(23)2/h4,6-7,10-11,13,15,19,21H,5,8-9,12,14,16-17H2,1-3H3/t19-,21+,23+/m1/s1. The topological polar surface area (TPSA) is 41.4 Å². The third-order valence-corrected chi connectivity index (χ3v) is 6.92. The number of hydrogen-bond donors (Lipinski definition) is 0. The third kappa shape index (κ3) is 3.48. The van der Waals surface area contributed by atoms with Gasteiger partial charge in [-0.15, -0.1) is 0 Å². The molecule has 1 aromatic carbocycles. The van der Waals surface area contributed by atoms with Crippen LogP contribution >= 0.6 is 0 Å². The van der Waals surface area contributed by atoms with Crippen molar-refractivity contribution < 1.29 is 4.79 Å². The number of fused-ring (bicyclic) bond motifs is 1. The van der Waals surface area contributed by atoms with Crippen LogP contribution in [-0.2, 0) is 13.5 Å². The van der Waals surface area contributed by atoms with Crippen LogP contribution in [0.1, 0.15) is 55.1 Å². The van der Waals surface area contributed by atoms with E-state index in [0.717, 1.165) is 25.8 Å². The molecule has 0 aliphatic carbocycles. The SMILES string of the molecule is CN1CCCCC[C@@H]2N(C(=O)c3ccn(C)n3)[C@H](Cc3ccccc3)C[C@@]21C. The van der Waals surface area contributed by atoms with Crippen molar-refractivity contribution in [2.75, 3.05) is 13.6 Å². The van der Waals surface area contributed by atoms with Gasteiger partial charge in [0.05, 0.1) is 6.04 Å². The fraction of sp³-hybridized carbons (Fsp3) is 0.565. The summed E-state index contributed by atoms with van der Waals surface area (Å²) in [7, 11) is 4.11. The molecular weight excluding hydrogens is 348 g/mol. The molecule has 0 N–H and O–H groups in total. The number of aryl methyl sites for hydroxylation is 1. The van der Waals surface area contributed by atoms with Crippen molar-refractivity contribution >= 4 is 5.91 Å². The first-order valence-electron chi connectivity index (χ1n) is 10.6. The van der Waals surface area contributed by atoms with E-state index >= 15 is 0 Å². The summed E-state index contributed by atoms with van der Waals surface area (Å²) in [6.45, 7) is 3.48. The van der Waals surface area contributed by atoms with Gasteiger partial charge in [-0.1, -0.05) is 43.2 Å². The second-order valence-corrected chi connectivity index (χ2v) is 8.78. The van der Waals surface area contributed by atoms with Gasteiger partial charge in [-0.05, 0) is 57.8 Å². The molecular formula is C23H32N4O. The average Bonchev–Trinajstić information content (AvgIpc) is 3.22. The first-order chi connectivity index (χ1) is 13.5. The Morgan fingerprint density at radius 2 is 1.93 bits per heavy atom. The van der Waals surface area contributed by atoms with Crippen molar-refractivity contribution in [2.24, 2.45) is 7.05 Å². The summed E-state index contributed by atoms with van der Waals surface area (Å²) >= 11 is 0. The van der Waals surface area contributed by atoms with Gasteiger partial charge in [0.15, 0.2) is 0 Å². The zero-order chi connectivity index (χ0) is 19.7. The second-order valence-electron chi connectivity index (χ2n) is 8.78. The molecule has 0 radical (unpaired) electrons. The Kier molecular flexibility index (Phi) is 5.28. The van der Waals surface area contributed by atoms with Crippen molar-refractivity contribution in [3.05, 3.63) is 53.9 Å². The molecule has 5 heteroatoms. The largest absolute Gasteiger partial charge is 0.329 e. The second kappa shape index (κ2) is 7.70. The van der Waals surface area contributed by atoms with Crippen molar-refractivity contribution in [1.82, 2.24) is 19.6 Å². The first kappa shape index (κ1) is 19.2. The molecule has 1 aromatic heterocycles. The van der Waals surface area contributed by atoms with Crippen LogP contribution in [0.5, 0.6) is 0 Å². The molecule has 1 amide bonds. The summed E-state index contributed by atoms with van der Waals surface area (Å²) < 4.78 is 1.72. The van der Waals surface area contributed by atoms with Gasteiger partial charge in [0, 0.05) is 24.8 Å². The first-order valence-corrected chi connectivity index (χ1v) is 10.6. The minimum absolute atomic E-state index is 0.0182. The Balaban J connectivity index is 1.70. The number of amides is 1. The van der Waals surface area contributed by atoms with Gasteiger partial charge in [-0.2, -0.15) is 5.10 Å². The Morgan fingerprint density at radius 3 is 2.64 bits per heavy atom. The van der Waals surface area contributed by atoms with Crippen LogP contribution in [0.2, 0.25) is 0 Å². The van der Waals surface area contributed by atoms with E-state index < -0.39 is 0 Å². The van der Waals surface area contributed by atoms with Crippen LogP contribution in [0.4, 0.5) is 0 Å². The summed E-state index contributed by atoms with van der Waals surface area (Å²) in [5, 5.41) is 4.43. The van der Waals surface area contributed by atoms with Gasteiger partial charge >= 0.3 is 0 Å². The van der Waals surface area contributed by atoms with Crippen molar-refractivity contribution in [3.63, 3.8) is 0 Å². The van der Waals surface area contributed by atoms with Crippen LogP contribution in [0.15, 0.2) is 42.6 Å². The van der Waals surface area contributed by atoms with Crippen molar-refractivity contribution in [3.8, 4) is 0 Å². The molecule has 3 heterocycles. The molecule has 2 aliphatic heterocycles. The number of nitrogens with zero attached hydrogens (tertiary/aromatic N) is 4. The molecule has 0 spiro atoms. The maximum atomic E-state index is 13.6. The molecule has 2 saturated heterocycles. The summed E-state index contributed by atoms with van der Waals surface area (Å²) in [5.74, 6) is 0.0872. The van der Waals surface area contributed by atoms with E-state index in [9.17, 15) is 4.79 Å². The molecule has 0 unspecified atom stereocenters. The monoisotopic (exact) mass is 380 g/mol. The Bertz CT molecular complexity index is 817. The van der Waals surface area contributed by atoms with E-state index in [1.165, 1.54) is 24.8 Å². The lowest BCUT2D eigenvalue weighted by Gasteiger charge is -2.43. The number of hydrogen-bond acceptors (Lipinski definition) is 3. The van der Waals surface area contributed by atoms with Crippen LogP contribution in [0.3, 0.4) is 0 Å². The predicted octanol–water partition coefficient (Wildman–Crippen LogP) is 3.51. The average molecular weight is 381 g/mol. The highest BCUT2D eigenvalue weighted by Crippen LogP contribution is 2.42. The fourth-order valence-electron chi connectivity index (χ4n) is 5.27. The third-order valence-electron chi connectivity index (χ3n) is 6.92. The Morgan fingerprint density at radius 1 is 1.14 bits per heavy atom. The summed E-state index contributed by atoms with van der Waals surface area (Å²) in [6.07, 6.45) is 8.53. The van der Waals surface area contributed by atoms with E-state index in [0.29, 0.717) is 5.69 Å². The van der Waals surface area contributed by atoms with Crippen molar-refractivity contribution in [2.45, 2.75) is 63.1 Å². The lowest BCUT2D eigenvalue weighted by atomic mass is 9.84. The molecule has 2 aromatic rings. The quantitative estimate of drug-likeness (QED) is 0.818. The molecule has 5 nitrogen and oxygen atoms in total. The number of benzene rings is 1. The normalized spacial score (nSPS) is 28.6. The number of carbonyl (C=O) groups excluding carboxylic acids is 1. The number of aromatic nitrogens is 2. The molecule has 150 valence electrons. The van der Waals surface area contributed by atoms with Gasteiger partial charge in [0.25, 0.3) is 5.91 Å². The van der Waals surface area contributed by atoms with E-state index in [1.54, 1.807) is 4.68 Å². The minimum atomic E-state index is 0.0182. The van der Waals surface area contributed by atoms with Gasteiger partial charge in [-0.25, -0.2) is 0 Å². The van der Waals surface area contributed by atoms with Gasteiger partial charge < -0.3 is 4.90 Å². The van der Waals surface area contributed by atoms with Gasteiger partial charge in [-0.3, -0.25) is 14.4 Å². The lowest BCUT2D eigenvalue weighted by molar-refractivity contribution is 0.0448. The van der Waals surface area contributed by atoms with Gasteiger partial charge in [0.2, 0.25) is 0 Å². The highest BCUT2D eigenvalue weighted by Gasteiger charge is 2.53. The summed E-state index contributed by atoms with van der Waals surface area (Å²) in [5.41, 5.74) is 1.88. The fourth-order valence-corrected chi connectivity index (χ4v) is 5.27. The van der Waals surface area contributed by atoms with E-state index in [4.69, 9.17) is 0 Å². The van der Waals surface area contributed by atoms with Gasteiger partial charge in [0.1, 0.15) is 5.69 Å². The van der Waals surface area contributed by atoms with E-state index in [2.05, 4.69) is 59.2 Å². The molecule has 2 aliphatic rings. The van der Waals surface area contributed by atoms with E-state index in [1.807, 2.05) is 19.3 Å². The van der Waals surface area contributed by atoms with Crippen LogP contribution in [0.25, 0.3) is 0 Å². The maximum Gasteiger partial charge on any atom is 0.274 e. The number of rotatable bonds is 3. The Hall–Kier alpha value is -2.14. The van der Waals surface area contributed by atoms with Crippen LogP contribution in [-0.4, -0.2) is 56.7 Å². The predicted molar refractivity (Wildman–Crippen MR) is 111 cm³/mol. The zero-order valence-electron chi connectivity index (χ0n) is 17.3. The zero-order valence-corrected chi connectivity index (χ0v) is 17.3. The number of carbonyl (C=O) groups is 1. The summed E-state index contributed by atoms with van der Waals surface area (Å²) in [6, 6.07) is 12.9. The molecule has 0 bridgehead atoms. The highest BCUT2D eigenvalue weighted by atomic mass is 16.2. The molecule has 4 rings (SSSR count). The van der Waals surface area contributed by atoms with Crippen LogP contribution < -0.4 is 0 Å². The smallest absolute Gasteiger partial charge is 0.274 e. The number of likely N-dealkylation sites (tertiary alicyclic amines) is 2. The number of likely N-dealkylation sites (N-methyl/N-ethyl adjacent to an activating group) is 1. The Labute approximate surface area is 168 Å². The van der Waals surface area contributed by atoms with Crippen LogP contribution in [0, 0.1) is 0 Å². The lowest BCUT2D eigenvalue weighted by Crippen LogP contribution is -2.55. The molecule has 3 atom stereocenters. The van der Waals surface area contributed by atoms with E-state index in [-0.39, 0.29) is 23.5 Å². The summed E-state index contributed by atoms with van der Waals surface area (Å²) in [4.78, 5) is 18.3. The highest BCUT2D eigenvalue weighted by molar-refractivity contribution is 5.93. The maximum absolute atomic E-state index is 13.6. The molecule has 28 heavy (non-hydrogen) atoms. The van der Waals surface area contributed by atoms with Crippen molar-refractivity contribution in [1.29, 1.82) is 0 Å². The molecule has 0 saturated carbocycles. The minimum Gasteiger partial charge on any atom is -0.329 e.